The van der Waals surface area contributed by atoms with Gasteiger partial charge in [-0.3, -0.25) is 4.79 Å². The van der Waals surface area contributed by atoms with Crippen LogP contribution in [0.2, 0.25) is 15.1 Å². The Morgan fingerprint density at radius 1 is 1.00 bits per heavy atom. The molecule has 0 atom stereocenters. The highest BCUT2D eigenvalue weighted by Crippen LogP contribution is 2.22. The number of rotatable bonds is 3. The van der Waals surface area contributed by atoms with Crippen molar-refractivity contribution in [1.82, 2.24) is 5.43 Å². The second-order valence-corrected chi connectivity index (χ2v) is 5.09. The lowest BCUT2D eigenvalue weighted by Gasteiger charge is -2.02. The van der Waals surface area contributed by atoms with Crippen LogP contribution in [-0.4, -0.2) is 12.1 Å². The summed E-state index contributed by atoms with van der Waals surface area (Å²) in [7, 11) is 0. The molecule has 0 spiro atoms. The van der Waals surface area contributed by atoms with Crippen molar-refractivity contribution in [1.29, 1.82) is 0 Å². The van der Waals surface area contributed by atoms with E-state index in [4.69, 9.17) is 34.8 Å². The molecule has 0 bridgehead atoms. The second kappa shape index (κ2) is 6.75. The van der Waals surface area contributed by atoms with Crippen LogP contribution in [0.1, 0.15) is 15.9 Å². The van der Waals surface area contributed by atoms with Gasteiger partial charge in [-0.15, -0.1) is 0 Å². The van der Waals surface area contributed by atoms with Gasteiger partial charge in [0.05, 0.1) is 16.3 Å². The molecule has 0 saturated carbocycles. The first-order valence-electron chi connectivity index (χ1n) is 5.61. The maximum atomic E-state index is 11.8. The van der Waals surface area contributed by atoms with E-state index in [1.165, 1.54) is 6.21 Å². The molecule has 0 aromatic heterocycles. The Balaban J connectivity index is 2.06. The topological polar surface area (TPSA) is 41.5 Å². The third-order valence-electron chi connectivity index (χ3n) is 2.47. The number of amides is 1. The number of halogens is 3. The summed E-state index contributed by atoms with van der Waals surface area (Å²) in [6.45, 7) is 0. The minimum absolute atomic E-state index is 0.346. The average molecular weight is 328 g/mol. The predicted octanol–water partition coefficient (Wildman–Crippen LogP) is 4.41. The Morgan fingerprint density at radius 3 is 2.20 bits per heavy atom. The van der Waals surface area contributed by atoms with E-state index >= 15 is 0 Å². The van der Waals surface area contributed by atoms with Gasteiger partial charge in [-0.05, 0) is 36.4 Å². The zero-order valence-electron chi connectivity index (χ0n) is 10.1. The molecule has 2 rings (SSSR count). The molecule has 0 aliphatic carbocycles. The van der Waals surface area contributed by atoms with Crippen molar-refractivity contribution in [2.45, 2.75) is 0 Å². The van der Waals surface area contributed by atoms with Crippen LogP contribution in [0.25, 0.3) is 0 Å². The molecule has 0 heterocycles. The van der Waals surface area contributed by atoms with Crippen molar-refractivity contribution in [2.24, 2.45) is 5.10 Å². The van der Waals surface area contributed by atoms with Gasteiger partial charge in [0.2, 0.25) is 0 Å². The van der Waals surface area contributed by atoms with Crippen LogP contribution in [0.5, 0.6) is 0 Å². The summed E-state index contributed by atoms with van der Waals surface area (Å²) in [6, 6.07) is 11.6. The minimum atomic E-state index is -0.346. The quantitative estimate of drug-likeness (QED) is 0.658. The summed E-state index contributed by atoms with van der Waals surface area (Å²) in [5, 5.41) is 5.32. The number of hydrogen-bond donors (Lipinski definition) is 1. The molecule has 0 unspecified atom stereocenters. The summed E-state index contributed by atoms with van der Waals surface area (Å²) in [4.78, 5) is 11.8. The number of nitrogens with one attached hydrogen (secondary N) is 1. The van der Waals surface area contributed by atoms with Crippen molar-refractivity contribution in [2.75, 3.05) is 0 Å². The molecule has 0 saturated heterocycles. The number of nitrogens with zero attached hydrogens (tertiary/aromatic N) is 1. The second-order valence-electron chi connectivity index (χ2n) is 3.84. The third-order valence-corrected chi connectivity index (χ3v) is 3.38. The molecule has 6 heteroatoms. The first-order valence-corrected chi connectivity index (χ1v) is 6.74. The van der Waals surface area contributed by atoms with Crippen LogP contribution in [-0.2, 0) is 0 Å². The zero-order valence-corrected chi connectivity index (χ0v) is 12.4. The van der Waals surface area contributed by atoms with E-state index in [0.717, 1.165) is 0 Å². The number of hydrogen-bond acceptors (Lipinski definition) is 2. The van der Waals surface area contributed by atoms with E-state index in [9.17, 15) is 4.79 Å². The molecule has 0 aliphatic heterocycles. The van der Waals surface area contributed by atoms with Gasteiger partial charge in [0, 0.05) is 16.1 Å². The molecule has 1 N–H and O–H groups in total. The van der Waals surface area contributed by atoms with E-state index in [1.54, 1.807) is 42.5 Å². The lowest BCUT2D eigenvalue weighted by atomic mass is 10.2. The third kappa shape index (κ3) is 3.73. The zero-order chi connectivity index (χ0) is 14.5. The van der Waals surface area contributed by atoms with Gasteiger partial charge in [-0.25, -0.2) is 5.43 Å². The smallest absolute Gasteiger partial charge is 0.267 e. The molecule has 20 heavy (non-hydrogen) atoms. The van der Waals surface area contributed by atoms with Gasteiger partial charge >= 0.3 is 0 Å². The molecule has 3 nitrogen and oxygen atoms in total. The number of carbonyl (C=O) groups is 1. The minimum Gasteiger partial charge on any atom is -0.267 e. The predicted molar refractivity (Wildman–Crippen MR) is 83.0 cm³/mol. The van der Waals surface area contributed by atoms with Crippen molar-refractivity contribution in [3.63, 3.8) is 0 Å². The Labute approximate surface area is 131 Å². The van der Waals surface area contributed by atoms with E-state index in [-0.39, 0.29) is 5.91 Å². The monoisotopic (exact) mass is 326 g/mol. The first kappa shape index (κ1) is 14.9. The van der Waals surface area contributed by atoms with Crippen LogP contribution in [0.4, 0.5) is 0 Å². The Bertz CT molecular complexity index is 634. The Hall–Kier alpha value is -1.55. The molecule has 2 aromatic carbocycles. The molecule has 0 radical (unpaired) electrons. The van der Waals surface area contributed by atoms with Gasteiger partial charge in [0.1, 0.15) is 0 Å². The molecule has 0 aliphatic rings. The van der Waals surface area contributed by atoms with E-state index < -0.39 is 0 Å². The van der Waals surface area contributed by atoms with Crippen molar-refractivity contribution < 1.29 is 4.79 Å². The summed E-state index contributed by atoms with van der Waals surface area (Å²) in [5.41, 5.74) is 3.40. The van der Waals surface area contributed by atoms with Crippen LogP contribution in [0, 0.1) is 0 Å². The van der Waals surface area contributed by atoms with E-state index in [0.29, 0.717) is 26.2 Å². The van der Waals surface area contributed by atoms with Crippen LogP contribution in [0.15, 0.2) is 47.6 Å². The fraction of sp³-hybridized carbons (Fsp3) is 0. The highest BCUT2D eigenvalue weighted by molar-refractivity contribution is 6.38. The highest BCUT2D eigenvalue weighted by Gasteiger charge is 2.05. The normalized spacial score (nSPS) is 10.8. The lowest BCUT2D eigenvalue weighted by Crippen LogP contribution is -2.17. The van der Waals surface area contributed by atoms with E-state index in [1.807, 2.05) is 0 Å². The number of hydrazone groups is 1. The molecular weight excluding hydrogens is 319 g/mol. The lowest BCUT2D eigenvalue weighted by molar-refractivity contribution is 0.0955. The molecule has 2 aromatic rings. The van der Waals surface area contributed by atoms with Gasteiger partial charge in [-0.1, -0.05) is 40.9 Å². The summed E-state index contributed by atoms with van der Waals surface area (Å²) in [5.74, 6) is -0.346. The summed E-state index contributed by atoms with van der Waals surface area (Å²) < 4.78 is 0. The van der Waals surface area contributed by atoms with Gasteiger partial charge in [-0.2, -0.15) is 5.10 Å². The molecular formula is C14H9Cl3N2O. The fourth-order valence-electron chi connectivity index (χ4n) is 1.46. The highest BCUT2D eigenvalue weighted by atomic mass is 35.5. The van der Waals surface area contributed by atoms with Crippen LogP contribution < -0.4 is 5.43 Å². The SMILES string of the molecule is O=C(N/N=C\c1c(Cl)cccc1Cl)c1ccc(Cl)cc1. The van der Waals surface area contributed by atoms with Gasteiger partial charge < -0.3 is 0 Å². The number of carbonyl (C=O) groups excluding carboxylic acids is 1. The Morgan fingerprint density at radius 2 is 1.60 bits per heavy atom. The molecule has 0 fully saturated rings. The summed E-state index contributed by atoms with van der Waals surface area (Å²) >= 11 is 17.7. The summed E-state index contributed by atoms with van der Waals surface area (Å²) in [6.07, 6.45) is 1.40. The van der Waals surface area contributed by atoms with Gasteiger partial charge in [0.15, 0.2) is 0 Å². The first-order chi connectivity index (χ1) is 9.58. The Kier molecular flexibility index (Phi) is 5.01. The fourth-order valence-corrected chi connectivity index (χ4v) is 2.08. The largest absolute Gasteiger partial charge is 0.271 e. The van der Waals surface area contributed by atoms with Crippen LogP contribution in [0.3, 0.4) is 0 Å². The molecule has 1 amide bonds. The van der Waals surface area contributed by atoms with Crippen molar-refractivity contribution in [3.8, 4) is 0 Å². The average Bonchev–Trinajstić information content (AvgIpc) is 2.42. The van der Waals surface area contributed by atoms with Crippen molar-refractivity contribution in [3.05, 3.63) is 68.7 Å². The standard InChI is InChI=1S/C14H9Cl3N2O/c15-10-6-4-9(5-7-10)14(20)19-18-8-11-12(16)2-1-3-13(11)17/h1-8H,(H,19,20)/b18-8-. The molecule has 102 valence electrons. The number of benzene rings is 2. The maximum Gasteiger partial charge on any atom is 0.271 e. The van der Waals surface area contributed by atoms with Crippen molar-refractivity contribution >= 4 is 46.9 Å². The van der Waals surface area contributed by atoms with Gasteiger partial charge in [0.25, 0.3) is 5.91 Å². The van der Waals surface area contributed by atoms with E-state index in [2.05, 4.69) is 10.5 Å². The maximum absolute atomic E-state index is 11.8. The van der Waals surface area contributed by atoms with Crippen LogP contribution >= 0.6 is 34.8 Å².